The van der Waals surface area contributed by atoms with Gasteiger partial charge in [0.05, 0.1) is 12.5 Å². The Morgan fingerprint density at radius 3 is 2.50 bits per heavy atom. The third-order valence-electron chi connectivity index (χ3n) is 4.27. The molecule has 4 heteroatoms. The predicted octanol–water partition coefficient (Wildman–Crippen LogP) is 2.58. The zero-order valence-corrected chi connectivity index (χ0v) is 13.4. The average molecular weight is 320 g/mol. The van der Waals surface area contributed by atoms with E-state index in [0.29, 0.717) is 6.42 Å². The summed E-state index contributed by atoms with van der Waals surface area (Å²) in [6.45, 7) is 0.266. The van der Waals surface area contributed by atoms with Gasteiger partial charge in [-0.1, -0.05) is 42.5 Å². The first-order valence-corrected chi connectivity index (χ1v) is 7.96. The molecule has 4 nitrogen and oxygen atoms in total. The van der Waals surface area contributed by atoms with Gasteiger partial charge in [-0.2, -0.15) is 0 Å². The number of aromatic nitrogens is 1. The minimum atomic E-state index is -0.328. The summed E-state index contributed by atoms with van der Waals surface area (Å²) in [4.78, 5) is 16.8. The van der Waals surface area contributed by atoms with Crippen molar-refractivity contribution in [3.63, 3.8) is 0 Å². The zero-order chi connectivity index (χ0) is 16.9. The molecule has 3 rings (SSSR count). The lowest BCUT2D eigenvalue weighted by molar-refractivity contribution is -0.119. The molecule has 24 heavy (non-hydrogen) atoms. The van der Waals surface area contributed by atoms with Crippen LogP contribution in [0.25, 0.3) is 10.8 Å². The Kier molecular flexibility index (Phi) is 4.99. The van der Waals surface area contributed by atoms with Crippen LogP contribution in [0, 0.1) is 0 Å². The molecule has 3 N–H and O–H groups in total. The summed E-state index contributed by atoms with van der Waals surface area (Å²) in [5.41, 5.74) is 8.54. The van der Waals surface area contributed by atoms with Gasteiger partial charge < -0.3 is 10.8 Å². The van der Waals surface area contributed by atoms with Gasteiger partial charge in [0.1, 0.15) is 5.78 Å². The van der Waals surface area contributed by atoms with Crippen LogP contribution in [0.1, 0.15) is 22.6 Å². The third kappa shape index (κ3) is 3.50. The van der Waals surface area contributed by atoms with Crippen LogP contribution in [0.5, 0.6) is 0 Å². The summed E-state index contributed by atoms with van der Waals surface area (Å²) < 4.78 is 0. The Morgan fingerprint density at radius 1 is 1.04 bits per heavy atom. The Labute approximate surface area is 141 Å². The fourth-order valence-electron chi connectivity index (χ4n) is 2.88. The number of fused-ring (bicyclic) bond motifs is 1. The molecular weight excluding hydrogens is 300 g/mol. The molecule has 1 unspecified atom stereocenters. The number of aliphatic hydroxyl groups is 1. The number of carbonyl (C=O) groups excluding carboxylic acids is 1. The molecule has 122 valence electrons. The lowest BCUT2D eigenvalue weighted by Crippen LogP contribution is -2.23. The first-order chi connectivity index (χ1) is 11.7. The maximum Gasteiger partial charge on any atom is 0.145 e. The van der Waals surface area contributed by atoms with Gasteiger partial charge in [-0.05, 0) is 28.1 Å². The molecule has 0 saturated carbocycles. The highest BCUT2D eigenvalue weighted by molar-refractivity contribution is 5.89. The molecule has 0 fully saturated rings. The predicted molar refractivity (Wildman–Crippen MR) is 94.6 cm³/mol. The van der Waals surface area contributed by atoms with E-state index >= 15 is 0 Å². The normalized spacial score (nSPS) is 12.2. The molecule has 0 amide bonds. The van der Waals surface area contributed by atoms with Crippen LogP contribution < -0.4 is 5.73 Å². The summed E-state index contributed by atoms with van der Waals surface area (Å²) in [5.74, 6) is -0.228. The second kappa shape index (κ2) is 7.34. The lowest BCUT2D eigenvalue weighted by Gasteiger charge is -2.15. The summed E-state index contributed by atoms with van der Waals surface area (Å²) in [5, 5.41) is 11.3. The van der Waals surface area contributed by atoms with Crippen molar-refractivity contribution < 1.29 is 9.90 Å². The monoisotopic (exact) mass is 320 g/mol. The van der Waals surface area contributed by atoms with E-state index in [1.54, 1.807) is 6.20 Å². The molecule has 1 heterocycles. The van der Waals surface area contributed by atoms with Gasteiger partial charge in [-0.15, -0.1) is 0 Å². The number of rotatable bonds is 6. The number of hydrogen-bond acceptors (Lipinski definition) is 4. The van der Waals surface area contributed by atoms with Crippen molar-refractivity contribution in [2.75, 3.05) is 6.54 Å². The molecule has 0 aliphatic heterocycles. The minimum absolute atomic E-state index is 0.00648. The number of hydrogen-bond donors (Lipinski definition) is 2. The number of carbonyl (C=O) groups is 1. The Bertz CT molecular complexity index is 844. The maximum absolute atomic E-state index is 12.7. The average Bonchev–Trinajstić information content (AvgIpc) is 2.63. The fourth-order valence-corrected chi connectivity index (χ4v) is 2.88. The van der Waals surface area contributed by atoms with E-state index in [1.807, 2.05) is 54.7 Å². The van der Waals surface area contributed by atoms with Crippen LogP contribution >= 0.6 is 0 Å². The number of aliphatic hydroxyl groups excluding tert-OH is 1. The van der Waals surface area contributed by atoms with Crippen molar-refractivity contribution >= 4 is 16.6 Å². The quantitative estimate of drug-likeness (QED) is 0.732. The van der Waals surface area contributed by atoms with E-state index < -0.39 is 0 Å². The van der Waals surface area contributed by atoms with Crippen molar-refractivity contribution in [2.45, 2.75) is 18.9 Å². The number of ketones is 1. The third-order valence-corrected chi connectivity index (χ3v) is 4.27. The molecule has 0 aliphatic carbocycles. The number of pyridine rings is 1. The highest BCUT2D eigenvalue weighted by Gasteiger charge is 2.19. The van der Waals surface area contributed by atoms with Crippen LogP contribution in [0.3, 0.4) is 0 Å². The van der Waals surface area contributed by atoms with E-state index in [1.165, 1.54) is 0 Å². The van der Waals surface area contributed by atoms with Gasteiger partial charge >= 0.3 is 0 Å². The van der Waals surface area contributed by atoms with E-state index in [4.69, 9.17) is 10.8 Å². The molecule has 1 atom stereocenters. The van der Waals surface area contributed by atoms with Gasteiger partial charge in [0.2, 0.25) is 0 Å². The molecule has 0 radical (unpaired) electrons. The summed E-state index contributed by atoms with van der Waals surface area (Å²) in [7, 11) is 0. The van der Waals surface area contributed by atoms with Crippen molar-refractivity contribution in [3.05, 3.63) is 77.6 Å². The lowest BCUT2D eigenvalue weighted by atomic mass is 9.90. The van der Waals surface area contributed by atoms with Crippen LogP contribution in [0.4, 0.5) is 0 Å². The molecule has 0 spiro atoms. The first kappa shape index (κ1) is 16.3. The minimum Gasteiger partial charge on any atom is -0.392 e. The molecular formula is C20H20N2O2. The summed E-state index contributed by atoms with van der Waals surface area (Å²) in [6, 6.07) is 15.3. The van der Waals surface area contributed by atoms with Crippen LogP contribution in [0.15, 0.2) is 60.9 Å². The van der Waals surface area contributed by atoms with Gasteiger partial charge in [-0.3, -0.25) is 9.78 Å². The smallest absolute Gasteiger partial charge is 0.145 e. The second-order valence-electron chi connectivity index (χ2n) is 5.89. The van der Waals surface area contributed by atoms with Gasteiger partial charge in [0, 0.05) is 30.7 Å². The highest BCUT2D eigenvalue weighted by Crippen LogP contribution is 2.21. The number of benzene rings is 2. The van der Waals surface area contributed by atoms with Crippen molar-refractivity contribution in [1.29, 1.82) is 0 Å². The van der Waals surface area contributed by atoms with Crippen molar-refractivity contribution in [1.82, 2.24) is 4.98 Å². The largest absolute Gasteiger partial charge is 0.392 e. The van der Waals surface area contributed by atoms with E-state index in [-0.39, 0.29) is 24.9 Å². The topological polar surface area (TPSA) is 76.2 Å². The standard InChI is InChI=1S/C20H20N2O2/c21-11-19(16-4-1-14(13-23)2-5-16)20(24)10-15-3-6-18-12-22-8-7-17(18)9-15/h1-9,12,19,23H,10-11,13,21H2. The summed E-state index contributed by atoms with van der Waals surface area (Å²) in [6.07, 6.45) is 3.91. The van der Waals surface area contributed by atoms with Crippen molar-refractivity contribution in [2.24, 2.45) is 5.73 Å². The highest BCUT2D eigenvalue weighted by atomic mass is 16.3. The molecule has 0 bridgehead atoms. The first-order valence-electron chi connectivity index (χ1n) is 7.96. The molecule has 3 aromatic rings. The maximum atomic E-state index is 12.7. The SMILES string of the molecule is NCC(C(=O)Cc1ccc2cnccc2c1)c1ccc(CO)cc1. The van der Waals surface area contributed by atoms with E-state index in [2.05, 4.69) is 4.98 Å². The molecule has 0 aliphatic rings. The zero-order valence-electron chi connectivity index (χ0n) is 13.4. The summed E-state index contributed by atoms with van der Waals surface area (Å²) >= 11 is 0. The Morgan fingerprint density at radius 2 is 1.79 bits per heavy atom. The van der Waals surface area contributed by atoms with E-state index in [9.17, 15) is 4.79 Å². The molecule has 1 aromatic heterocycles. The van der Waals surface area contributed by atoms with Crippen LogP contribution in [-0.2, 0) is 17.8 Å². The number of Topliss-reactive ketones (excluding diaryl/α,β-unsaturated/α-hetero) is 1. The number of nitrogens with two attached hydrogens (primary N) is 1. The van der Waals surface area contributed by atoms with E-state index in [0.717, 1.165) is 27.5 Å². The fraction of sp³-hybridized carbons (Fsp3) is 0.200. The van der Waals surface area contributed by atoms with Crippen LogP contribution in [-0.4, -0.2) is 22.4 Å². The number of nitrogens with zero attached hydrogens (tertiary/aromatic N) is 1. The Balaban J connectivity index is 1.79. The second-order valence-corrected chi connectivity index (χ2v) is 5.89. The van der Waals surface area contributed by atoms with Gasteiger partial charge in [0.25, 0.3) is 0 Å². The Hall–Kier alpha value is -2.56. The molecule has 0 saturated heterocycles. The van der Waals surface area contributed by atoms with Crippen molar-refractivity contribution in [3.8, 4) is 0 Å². The molecule has 2 aromatic carbocycles. The van der Waals surface area contributed by atoms with Gasteiger partial charge in [-0.25, -0.2) is 0 Å². The van der Waals surface area contributed by atoms with Gasteiger partial charge in [0.15, 0.2) is 0 Å². The van der Waals surface area contributed by atoms with Crippen LogP contribution in [0.2, 0.25) is 0 Å².